The molecule has 1 aromatic rings. The van der Waals surface area contributed by atoms with Gasteiger partial charge in [-0.25, -0.2) is 8.42 Å². The number of hydrogen-bond donors (Lipinski definition) is 1. The highest BCUT2D eigenvalue weighted by molar-refractivity contribution is 8.00. The Morgan fingerprint density at radius 2 is 1.80 bits per heavy atom. The number of halogens is 3. The highest BCUT2D eigenvalue weighted by Crippen LogP contribution is 2.36. The zero-order valence-corrected chi connectivity index (χ0v) is 12.2. The van der Waals surface area contributed by atoms with E-state index >= 15 is 0 Å². The largest absolute Gasteiger partial charge is 0.744 e. The second-order valence-electron chi connectivity index (χ2n) is 4.38. The molecule has 0 saturated heterocycles. The molecule has 1 unspecified atom stereocenters. The highest BCUT2D eigenvalue weighted by Gasteiger charge is 2.35. The summed E-state index contributed by atoms with van der Waals surface area (Å²) < 4.78 is 69.4. The Kier molecular flexibility index (Phi) is 5.47. The summed E-state index contributed by atoms with van der Waals surface area (Å²) in [7, 11) is -4.54. The van der Waals surface area contributed by atoms with E-state index in [0.717, 1.165) is 12.1 Å². The third-order valence-corrected chi connectivity index (χ3v) is 4.62. The van der Waals surface area contributed by atoms with Gasteiger partial charge in [-0.05, 0) is 42.8 Å². The average molecular weight is 329 g/mol. The van der Waals surface area contributed by atoms with Gasteiger partial charge in [-0.1, -0.05) is 12.1 Å². The summed E-state index contributed by atoms with van der Waals surface area (Å²) in [5.41, 5.74) is -0.220. The molecule has 0 aliphatic rings. The molecule has 2 atom stereocenters. The molecule has 3 N–H and O–H groups in total. The summed E-state index contributed by atoms with van der Waals surface area (Å²) in [5.74, 6) is 0. The van der Waals surface area contributed by atoms with E-state index in [1.54, 1.807) is 6.92 Å². The molecule has 9 heteroatoms. The van der Waals surface area contributed by atoms with Crippen LogP contribution in [0.1, 0.15) is 12.5 Å². The van der Waals surface area contributed by atoms with Gasteiger partial charge in [0, 0.05) is 0 Å². The molecular formula is C11H14F3NO3S2. The van der Waals surface area contributed by atoms with Crippen molar-refractivity contribution in [2.24, 2.45) is 0 Å². The van der Waals surface area contributed by atoms with E-state index in [1.807, 2.05) is 0 Å². The van der Waals surface area contributed by atoms with Crippen LogP contribution in [0.2, 0.25) is 0 Å². The van der Waals surface area contributed by atoms with Gasteiger partial charge in [0.05, 0.1) is 16.2 Å². The number of hydrogen-bond acceptors (Lipinski definition) is 4. The molecule has 0 heterocycles. The van der Waals surface area contributed by atoms with E-state index in [0.29, 0.717) is 5.56 Å². The van der Waals surface area contributed by atoms with Crippen molar-refractivity contribution in [2.45, 2.75) is 35.0 Å². The van der Waals surface area contributed by atoms with Crippen LogP contribution in [-0.4, -0.2) is 29.8 Å². The van der Waals surface area contributed by atoms with Crippen molar-refractivity contribution in [2.75, 3.05) is 0 Å². The van der Waals surface area contributed by atoms with Gasteiger partial charge >= 0.3 is 5.51 Å². The lowest BCUT2D eigenvalue weighted by Crippen LogP contribution is -2.64. The summed E-state index contributed by atoms with van der Waals surface area (Å²) in [6.07, 6.45) is 0.0913. The van der Waals surface area contributed by atoms with Crippen molar-refractivity contribution in [3.05, 3.63) is 29.8 Å². The summed E-state index contributed by atoms with van der Waals surface area (Å²) in [6.45, 7) is 1.58. The quantitative estimate of drug-likeness (QED) is 0.827. The fourth-order valence-corrected chi connectivity index (χ4v) is 2.88. The Labute approximate surface area is 119 Å². The second-order valence-corrected chi connectivity index (χ2v) is 7.07. The molecule has 0 fully saturated rings. The Hall–Kier alpha value is -0.770. The van der Waals surface area contributed by atoms with Crippen LogP contribution >= 0.6 is 11.8 Å². The molecular weight excluding hydrogens is 315 g/mol. The zero-order chi connectivity index (χ0) is 15.6. The van der Waals surface area contributed by atoms with E-state index in [2.05, 4.69) is 5.73 Å². The standard InChI is InChI=1S/C11H14F3NO3S2/c1-7(15)10(19-11(12,13)14)6-8-2-4-9(5-3-8)20(16,17)18/h2-5,7,10H,6,15H2,1H3,(H,16,17,18)/t7-,10?/m0/s1. The van der Waals surface area contributed by atoms with Crippen molar-refractivity contribution >= 4 is 21.9 Å². The monoisotopic (exact) mass is 329 g/mol. The maximum absolute atomic E-state index is 12.4. The Morgan fingerprint density at radius 1 is 1.30 bits per heavy atom. The Bertz CT molecular complexity index is 541. The lowest BCUT2D eigenvalue weighted by Gasteiger charge is -2.19. The van der Waals surface area contributed by atoms with Crippen LogP contribution in [0.3, 0.4) is 0 Å². The predicted octanol–water partition coefficient (Wildman–Crippen LogP) is 1.39. The topological polar surface area (TPSA) is 84.8 Å². The van der Waals surface area contributed by atoms with Crippen molar-refractivity contribution < 1.29 is 31.9 Å². The van der Waals surface area contributed by atoms with Crippen molar-refractivity contribution in [1.29, 1.82) is 0 Å². The molecule has 20 heavy (non-hydrogen) atoms. The molecule has 0 spiro atoms. The van der Waals surface area contributed by atoms with Gasteiger partial charge in [-0.15, -0.1) is 0 Å². The minimum absolute atomic E-state index is 0.0913. The van der Waals surface area contributed by atoms with Gasteiger partial charge in [-0.3, -0.25) is 0 Å². The van der Waals surface area contributed by atoms with Crippen LogP contribution in [-0.2, 0) is 16.5 Å². The first kappa shape index (κ1) is 17.3. The van der Waals surface area contributed by atoms with Gasteiger partial charge in [0.25, 0.3) is 0 Å². The average Bonchev–Trinajstić information content (AvgIpc) is 2.25. The van der Waals surface area contributed by atoms with E-state index in [1.165, 1.54) is 12.1 Å². The van der Waals surface area contributed by atoms with Crippen LogP contribution in [0.4, 0.5) is 13.2 Å². The lowest BCUT2D eigenvalue weighted by atomic mass is 10.1. The second kappa shape index (κ2) is 6.33. The SMILES string of the molecule is C[C@H]([NH3+])C(Cc1ccc(S(=O)(=O)[O-])cc1)SC(F)(F)F. The Morgan fingerprint density at radius 3 is 2.15 bits per heavy atom. The summed E-state index contributed by atoms with van der Waals surface area (Å²) in [5, 5.41) is -0.773. The number of rotatable bonds is 5. The first-order valence-electron chi connectivity index (χ1n) is 5.61. The van der Waals surface area contributed by atoms with E-state index in [-0.39, 0.29) is 18.2 Å². The minimum Gasteiger partial charge on any atom is -0.744 e. The highest BCUT2D eigenvalue weighted by atomic mass is 32.2. The maximum Gasteiger partial charge on any atom is 0.442 e. The molecule has 4 nitrogen and oxygen atoms in total. The van der Waals surface area contributed by atoms with Crippen molar-refractivity contribution in [1.82, 2.24) is 0 Å². The molecule has 1 aromatic carbocycles. The fraction of sp³-hybridized carbons (Fsp3) is 0.455. The smallest absolute Gasteiger partial charge is 0.442 e. The van der Waals surface area contributed by atoms with Crippen LogP contribution in [0, 0.1) is 0 Å². The number of alkyl halides is 3. The first-order chi connectivity index (χ1) is 8.99. The third-order valence-electron chi connectivity index (χ3n) is 2.57. The molecule has 0 saturated carbocycles. The maximum atomic E-state index is 12.4. The number of thioether (sulfide) groups is 1. The van der Waals surface area contributed by atoms with E-state index < -0.39 is 31.8 Å². The molecule has 114 valence electrons. The number of quaternary nitrogens is 1. The summed E-state index contributed by atoms with van der Waals surface area (Å²) in [6, 6.07) is 4.44. The normalized spacial score (nSPS) is 15.9. The molecule has 0 aromatic heterocycles. The zero-order valence-electron chi connectivity index (χ0n) is 10.6. The third kappa shape index (κ3) is 5.70. The minimum atomic E-state index is -4.54. The lowest BCUT2D eigenvalue weighted by molar-refractivity contribution is -0.413. The fourth-order valence-electron chi connectivity index (χ4n) is 1.56. The van der Waals surface area contributed by atoms with Gasteiger partial charge in [0.15, 0.2) is 0 Å². The number of benzene rings is 1. The van der Waals surface area contributed by atoms with Crippen molar-refractivity contribution in [3.8, 4) is 0 Å². The summed E-state index contributed by atoms with van der Waals surface area (Å²) >= 11 is -0.128. The Balaban J connectivity index is 2.85. The molecule has 1 rings (SSSR count). The van der Waals surface area contributed by atoms with Gasteiger partial charge in [0.1, 0.15) is 10.1 Å². The molecule has 0 amide bonds. The van der Waals surface area contributed by atoms with E-state index in [4.69, 9.17) is 0 Å². The predicted molar refractivity (Wildman–Crippen MR) is 67.9 cm³/mol. The van der Waals surface area contributed by atoms with Gasteiger partial charge < -0.3 is 10.3 Å². The molecule has 0 bridgehead atoms. The van der Waals surface area contributed by atoms with Crippen LogP contribution in [0.25, 0.3) is 0 Å². The van der Waals surface area contributed by atoms with Gasteiger partial charge in [0.2, 0.25) is 0 Å². The molecule has 0 aliphatic heterocycles. The molecule has 0 aliphatic carbocycles. The summed E-state index contributed by atoms with van der Waals surface area (Å²) in [4.78, 5) is -0.399. The van der Waals surface area contributed by atoms with Crippen LogP contribution < -0.4 is 5.73 Å². The first-order valence-corrected chi connectivity index (χ1v) is 7.90. The van der Waals surface area contributed by atoms with Crippen molar-refractivity contribution in [3.63, 3.8) is 0 Å². The van der Waals surface area contributed by atoms with Crippen LogP contribution in [0.15, 0.2) is 29.2 Å². The van der Waals surface area contributed by atoms with Crippen LogP contribution in [0.5, 0.6) is 0 Å². The molecule has 0 radical (unpaired) electrons. The van der Waals surface area contributed by atoms with Gasteiger partial charge in [-0.2, -0.15) is 13.2 Å². The van der Waals surface area contributed by atoms with E-state index in [9.17, 15) is 26.1 Å².